The summed E-state index contributed by atoms with van der Waals surface area (Å²) in [4.78, 5) is 22.0. The minimum Gasteiger partial charge on any atom is -0.272 e. The van der Waals surface area contributed by atoms with E-state index in [2.05, 4.69) is 4.98 Å². The van der Waals surface area contributed by atoms with Crippen molar-refractivity contribution in [3.8, 4) is 11.3 Å². The van der Waals surface area contributed by atoms with Crippen molar-refractivity contribution < 1.29 is 4.79 Å². The Labute approximate surface area is 145 Å². The van der Waals surface area contributed by atoms with Gasteiger partial charge >= 0.3 is 0 Å². The van der Waals surface area contributed by atoms with Crippen LogP contribution in [0, 0.1) is 13.8 Å². The fraction of sp³-hybridized carbons (Fsp3) is 0.0952. The Morgan fingerprint density at radius 1 is 1.04 bits per heavy atom. The highest BCUT2D eigenvalue weighted by molar-refractivity contribution is 6.09. The minimum atomic E-state index is -0.0924. The number of hydrogen-bond donors (Lipinski definition) is 0. The molecule has 0 unspecified atom stereocenters. The van der Waals surface area contributed by atoms with E-state index < -0.39 is 0 Å². The molecule has 0 atom stereocenters. The summed E-state index contributed by atoms with van der Waals surface area (Å²) < 4.78 is 1.51. The number of imidazole rings is 1. The van der Waals surface area contributed by atoms with Gasteiger partial charge in [-0.05, 0) is 31.5 Å². The summed E-state index contributed by atoms with van der Waals surface area (Å²) in [5, 5.41) is 0.871. The van der Waals surface area contributed by atoms with E-state index in [1.54, 1.807) is 12.4 Å². The van der Waals surface area contributed by atoms with E-state index in [9.17, 15) is 4.79 Å². The molecule has 0 amide bonds. The summed E-state index contributed by atoms with van der Waals surface area (Å²) in [7, 11) is 0. The van der Waals surface area contributed by atoms with Crippen molar-refractivity contribution in [1.29, 1.82) is 0 Å². The van der Waals surface area contributed by atoms with Gasteiger partial charge in [0.25, 0.3) is 5.91 Å². The average molecular weight is 327 g/mol. The van der Waals surface area contributed by atoms with Gasteiger partial charge in [0.15, 0.2) is 0 Å². The second-order valence-corrected chi connectivity index (χ2v) is 6.12. The van der Waals surface area contributed by atoms with Gasteiger partial charge in [0.2, 0.25) is 0 Å². The number of aryl methyl sites for hydroxylation is 1. The standard InChI is InChI=1S/C21H17N3O/c1-14-8-9-18-17(12-14)19(21(25)24-11-10-22-13-24)15(2)20(23-18)16-6-4-3-5-7-16/h3-13H,1-2H3. The van der Waals surface area contributed by atoms with Crippen molar-refractivity contribution in [3.63, 3.8) is 0 Å². The Morgan fingerprint density at radius 2 is 1.84 bits per heavy atom. The van der Waals surface area contributed by atoms with Crippen LogP contribution in [0.4, 0.5) is 0 Å². The number of carbonyl (C=O) groups is 1. The predicted octanol–water partition coefficient (Wildman–Crippen LogP) is 4.40. The van der Waals surface area contributed by atoms with E-state index in [1.165, 1.54) is 10.9 Å². The van der Waals surface area contributed by atoms with E-state index >= 15 is 0 Å². The number of hydrogen-bond acceptors (Lipinski definition) is 3. The number of carbonyl (C=O) groups excluding carboxylic acids is 1. The molecule has 0 saturated heterocycles. The number of aromatic nitrogens is 3. The first-order chi connectivity index (χ1) is 12.1. The van der Waals surface area contributed by atoms with Gasteiger partial charge in [-0.3, -0.25) is 9.36 Å². The third-order valence-corrected chi connectivity index (χ3v) is 4.38. The Kier molecular flexibility index (Phi) is 3.65. The lowest BCUT2D eigenvalue weighted by molar-refractivity contribution is 0.0961. The van der Waals surface area contributed by atoms with Gasteiger partial charge in [-0.2, -0.15) is 0 Å². The summed E-state index contributed by atoms with van der Waals surface area (Å²) in [6.45, 7) is 3.98. The molecule has 0 saturated carbocycles. The van der Waals surface area contributed by atoms with Crippen LogP contribution in [0.5, 0.6) is 0 Å². The summed E-state index contributed by atoms with van der Waals surface area (Å²) in [6.07, 6.45) is 4.82. The van der Waals surface area contributed by atoms with Crippen molar-refractivity contribution in [1.82, 2.24) is 14.5 Å². The molecule has 0 aliphatic carbocycles. The van der Waals surface area contributed by atoms with Gasteiger partial charge in [-0.15, -0.1) is 0 Å². The second-order valence-electron chi connectivity index (χ2n) is 6.12. The molecule has 0 aliphatic heterocycles. The molecule has 122 valence electrons. The van der Waals surface area contributed by atoms with Crippen LogP contribution in [-0.2, 0) is 0 Å². The van der Waals surface area contributed by atoms with E-state index in [-0.39, 0.29) is 5.91 Å². The first kappa shape index (κ1) is 15.3. The fourth-order valence-corrected chi connectivity index (χ4v) is 3.13. The van der Waals surface area contributed by atoms with Crippen LogP contribution < -0.4 is 0 Å². The maximum Gasteiger partial charge on any atom is 0.264 e. The van der Waals surface area contributed by atoms with Crippen LogP contribution >= 0.6 is 0 Å². The molecule has 4 rings (SSSR count). The molecule has 0 bridgehead atoms. The van der Waals surface area contributed by atoms with Crippen molar-refractivity contribution >= 4 is 16.8 Å². The average Bonchev–Trinajstić information content (AvgIpc) is 3.16. The van der Waals surface area contributed by atoms with E-state index in [0.717, 1.165) is 33.3 Å². The van der Waals surface area contributed by atoms with E-state index in [4.69, 9.17) is 4.98 Å². The fourth-order valence-electron chi connectivity index (χ4n) is 3.13. The lowest BCUT2D eigenvalue weighted by atomic mass is 9.96. The summed E-state index contributed by atoms with van der Waals surface area (Å²) in [6, 6.07) is 16.0. The highest BCUT2D eigenvalue weighted by Crippen LogP contribution is 2.30. The topological polar surface area (TPSA) is 47.8 Å². The smallest absolute Gasteiger partial charge is 0.264 e. The van der Waals surface area contributed by atoms with Crippen LogP contribution in [0.1, 0.15) is 21.5 Å². The molecular formula is C21H17N3O. The monoisotopic (exact) mass is 327 g/mol. The molecule has 2 aromatic carbocycles. The lowest BCUT2D eigenvalue weighted by Gasteiger charge is -2.14. The maximum absolute atomic E-state index is 13.1. The second kappa shape index (κ2) is 5.98. The molecule has 4 nitrogen and oxygen atoms in total. The largest absolute Gasteiger partial charge is 0.272 e. The van der Waals surface area contributed by atoms with Gasteiger partial charge in [0, 0.05) is 23.3 Å². The van der Waals surface area contributed by atoms with Gasteiger partial charge < -0.3 is 0 Å². The van der Waals surface area contributed by atoms with Gasteiger partial charge in [-0.25, -0.2) is 9.97 Å². The predicted molar refractivity (Wildman–Crippen MR) is 98.6 cm³/mol. The number of fused-ring (bicyclic) bond motifs is 1. The quantitative estimate of drug-likeness (QED) is 0.548. The third-order valence-electron chi connectivity index (χ3n) is 4.38. The highest BCUT2D eigenvalue weighted by Gasteiger charge is 2.20. The SMILES string of the molecule is Cc1ccc2nc(-c3ccccc3)c(C)c(C(=O)n3ccnc3)c2c1. The Morgan fingerprint density at radius 3 is 2.56 bits per heavy atom. The van der Waals surface area contributed by atoms with Gasteiger partial charge in [0.05, 0.1) is 16.8 Å². The van der Waals surface area contributed by atoms with Crippen LogP contribution in [0.25, 0.3) is 22.2 Å². The maximum atomic E-state index is 13.1. The Hall–Kier alpha value is -3.27. The summed E-state index contributed by atoms with van der Waals surface area (Å²) in [5.41, 5.74) is 5.30. The minimum absolute atomic E-state index is 0.0924. The molecule has 0 N–H and O–H groups in total. The summed E-state index contributed by atoms with van der Waals surface area (Å²) >= 11 is 0. The van der Waals surface area contributed by atoms with Crippen molar-refractivity contribution in [2.75, 3.05) is 0 Å². The van der Waals surface area contributed by atoms with Crippen molar-refractivity contribution in [2.45, 2.75) is 13.8 Å². The molecular weight excluding hydrogens is 310 g/mol. The zero-order chi connectivity index (χ0) is 17.4. The summed E-state index contributed by atoms with van der Waals surface area (Å²) in [5.74, 6) is -0.0924. The molecule has 2 heterocycles. The molecule has 0 aliphatic rings. The third kappa shape index (κ3) is 2.62. The number of rotatable bonds is 2. The molecule has 2 aromatic heterocycles. The number of nitrogens with zero attached hydrogens (tertiary/aromatic N) is 3. The first-order valence-electron chi connectivity index (χ1n) is 8.14. The van der Waals surface area contributed by atoms with Gasteiger partial charge in [0.1, 0.15) is 6.33 Å². The van der Waals surface area contributed by atoms with Crippen LogP contribution in [0.2, 0.25) is 0 Å². The Bertz CT molecular complexity index is 1070. The zero-order valence-corrected chi connectivity index (χ0v) is 14.1. The first-order valence-corrected chi connectivity index (χ1v) is 8.14. The number of pyridine rings is 1. The van der Waals surface area contributed by atoms with E-state index in [1.807, 2.05) is 62.4 Å². The zero-order valence-electron chi connectivity index (χ0n) is 14.1. The molecule has 0 spiro atoms. The van der Waals surface area contributed by atoms with E-state index in [0.29, 0.717) is 5.56 Å². The van der Waals surface area contributed by atoms with Crippen LogP contribution in [-0.4, -0.2) is 20.4 Å². The lowest BCUT2D eigenvalue weighted by Crippen LogP contribution is -2.13. The van der Waals surface area contributed by atoms with Gasteiger partial charge in [-0.1, -0.05) is 42.0 Å². The molecule has 0 radical (unpaired) electrons. The molecule has 25 heavy (non-hydrogen) atoms. The van der Waals surface area contributed by atoms with Crippen molar-refractivity contribution in [2.24, 2.45) is 0 Å². The Balaban J connectivity index is 2.06. The van der Waals surface area contributed by atoms with Crippen molar-refractivity contribution in [3.05, 3.63) is 83.9 Å². The van der Waals surface area contributed by atoms with Crippen LogP contribution in [0.15, 0.2) is 67.3 Å². The van der Waals surface area contributed by atoms with Crippen LogP contribution in [0.3, 0.4) is 0 Å². The highest BCUT2D eigenvalue weighted by atomic mass is 16.2. The normalized spacial score (nSPS) is 11.0. The molecule has 4 aromatic rings. The number of benzene rings is 2. The molecule has 4 heteroatoms. The molecule has 0 fully saturated rings.